The van der Waals surface area contributed by atoms with E-state index in [0.717, 1.165) is 0 Å². The Morgan fingerprint density at radius 2 is 2.03 bits per heavy atom. The maximum atomic E-state index is 13.2. The van der Waals surface area contributed by atoms with Crippen LogP contribution >= 0.6 is 11.6 Å². The minimum absolute atomic E-state index is 0.00850. The Kier molecular flexibility index (Phi) is 7.00. The summed E-state index contributed by atoms with van der Waals surface area (Å²) in [6.07, 6.45) is 2.26. The van der Waals surface area contributed by atoms with Gasteiger partial charge in [-0.15, -0.1) is 0 Å². The van der Waals surface area contributed by atoms with Crippen LogP contribution in [0.3, 0.4) is 0 Å². The van der Waals surface area contributed by atoms with E-state index >= 15 is 0 Å². The molecule has 2 heterocycles. The molecule has 1 aliphatic rings. The molecule has 1 fully saturated rings. The third-order valence-corrected chi connectivity index (χ3v) is 5.36. The molecule has 1 saturated heterocycles. The summed E-state index contributed by atoms with van der Waals surface area (Å²) in [5.74, 6) is 0.557. The van der Waals surface area contributed by atoms with Gasteiger partial charge in [-0.25, -0.2) is 9.97 Å². The number of amides is 2. The van der Waals surface area contributed by atoms with Gasteiger partial charge in [0.2, 0.25) is 5.95 Å². The van der Waals surface area contributed by atoms with Crippen LogP contribution in [0, 0.1) is 0 Å². The van der Waals surface area contributed by atoms with E-state index in [1.54, 1.807) is 34.2 Å². The van der Waals surface area contributed by atoms with Crippen molar-refractivity contribution in [3.63, 3.8) is 0 Å². The molecule has 9 heteroatoms. The molecule has 0 radical (unpaired) electrons. The molecule has 31 heavy (non-hydrogen) atoms. The molecule has 1 N–H and O–H groups in total. The van der Waals surface area contributed by atoms with E-state index < -0.39 is 0 Å². The highest BCUT2D eigenvalue weighted by Gasteiger charge is 2.33. The second-order valence-corrected chi connectivity index (χ2v) is 8.51. The molecule has 3 rings (SSSR count). The maximum absolute atomic E-state index is 13.2. The molecule has 2 amide bonds. The molecule has 0 saturated carbocycles. The lowest BCUT2D eigenvalue weighted by Crippen LogP contribution is -2.32. The first kappa shape index (κ1) is 22.8. The molecule has 0 bridgehead atoms. The van der Waals surface area contributed by atoms with Gasteiger partial charge in [0.25, 0.3) is 11.8 Å². The molecule has 0 aliphatic carbocycles. The maximum Gasteiger partial charge on any atom is 0.257 e. The number of methoxy groups -OCH3 is 1. The van der Waals surface area contributed by atoms with Crippen molar-refractivity contribution in [1.82, 2.24) is 20.2 Å². The number of benzene rings is 1. The van der Waals surface area contributed by atoms with Crippen molar-refractivity contribution in [2.75, 3.05) is 39.2 Å². The Bertz CT molecular complexity index is 980. The van der Waals surface area contributed by atoms with Crippen LogP contribution < -0.4 is 15.0 Å². The Hall–Kier alpha value is -2.87. The number of halogens is 1. The number of nitrogens with zero attached hydrogens (tertiary/aromatic N) is 4. The lowest BCUT2D eigenvalue weighted by Gasteiger charge is -2.20. The van der Waals surface area contributed by atoms with Crippen LogP contribution in [0.15, 0.2) is 24.4 Å². The van der Waals surface area contributed by atoms with Crippen molar-refractivity contribution in [2.45, 2.75) is 32.2 Å². The smallest absolute Gasteiger partial charge is 0.257 e. The molecule has 2 aromatic rings. The van der Waals surface area contributed by atoms with Crippen LogP contribution in [0.2, 0.25) is 5.02 Å². The van der Waals surface area contributed by atoms with Crippen LogP contribution in [0.4, 0.5) is 5.95 Å². The lowest BCUT2D eigenvalue weighted by molar-refractivity contribution is 0.0787. The van der Waals surface area contributed by atoms with E-state index in [9.17, 15) is 9.59 Å². The first-order valence-corrected chi connectivity index (χ1v) is 10.6. The SMILES string of the molecule is COc1ccc(Cl)cc1C(=O)N1CCC(c2nc(N(C)C)ncc2C(=O)NC(C)C)C1. The molecule has 166 valence electrons. The van der Waals surface area contributed by atoms with E-state index in [2.05, 4.69) is 15.3 Å². The molecule has 1 unspecified atom stereocenters. The van der Waals surface area contributed by atoms with Gasteiger partial charge in [0.05, 0.1) is 23.9 Å². The van der Waals surface area contributed by atoms with Gasteiger partial charge in [0, 0.05) is 50.4 Å². The zero-order valence-corrected chi connectivity index (χ0v) is 19.2. The number of aromatic nitrogens is 2. The number of hydrogen-bond donors (Lipinski definition) is 1. The highest BCUT2D eigenvalue weighted by molar-refractivity contribution is 6.31. The normalized spacial score (nSPS) is 15.8. The summed E-state index contributed by atoms with van der Waals surface area (Å²) < 4.78 is 5.34. The molecular weight excluding hydrogens is 418 g/mol. The Morgan fingerprint density at radius 1 is 1.29 bits per heavy atom. The summed E-state index contributed by atoms with van der Waals surface area (Å²) in [5.41, 5.74) is 1.52. The lowest BCUT2D eigenvalue weighted by atomic mass is 9.99. The quantitative estimate of drug-likeness (QED) is 0.735. The second kappa shape index (κ2) is 9.51. The number of anilines is 1. The zero-order valence-electron chi connectivity index (χ0n) is 18.5. The molecular formula is C22H28ClN5O3. The summed E-state index contributed by atoms with van der Waals surface area (Å²) >= 11 is 6.10. The van der Waals surface area contributed by atoms with E-state index in [4.69, 9.17) is 16.3 Å². The predicted molar refractivity (Wildman–Crippen MR) is 120 cm³/mol. The summed E-state index contributed by atoms with van der Waals surface area (Å²) in [7, 11) is 5.22. The summed E-state index contributed by atoms with van der Waals surface area (Å²) in [6, 6.07) is 4.98. The fourth-order valence-corrected chi connectivity index (χ4v) is 3.78. The first-order chi connectivity index (χ1) is 14.7. The van der Waals surface area contributed by atoms with Crippen LogP contribution in [0.1, 0.15) is 52.6 Å². The molecule has 1 aromatic heterocycles. The number of nitrogens with one attached hydrogen (secondary N) is 1. The van der Waals surface area contributed by atoms with Crippen molar-refractivity contribution in [3.8, 4) is 5.75 Å². The van der Waals surface area contributed by atoms with Crippen molar-refractivity contribution < 1.29 is 14.3 Å². The fourth-order valence-electron chi connectivity index (χ4n) is 3.61. The largest absolute Gasteiger partial charge is 0.496 e. The van der Waals surface area contributed by atoms with Crippen molar-refractivity contribution in [1.29, 1.82) is 0 Å². The van der Waals surface area contributed by atoms with Gasteiger partial charge in [-0.3, -0.25) is 9.59 Å². The zero-order chi connectivity index (χ0) is 22.7. The average Bonchev–Trinajstić information content (AvgIpc) is 3.22. The molecule has 8 nitrogen and oxygen atoms in total. The standard InChI is InChI=1S/C22H28ClN5O3/c1-13(2)25-20(29)17-11-24-22(27(3)4)26-19(17)14-8-9-28(12-14)21(30)16-10-15(23)6-7-18(16)31-5/h6-7,10-11,13-14H,8-9,12H2,1-5H3,(H,25,29). The number of rotatable bonds is 6. The Balaban J connectivity index is 1.89. The summed E-state index contributed by atoms with van der Waals surface area (Å²) in [5, 5.41) is 3.38. The molecule has 1 atom stereocenters. The van der Waals surface area contributed by atoms with Crippen molar-refractivity contribution in [3.05, 3.63) is 46.2 Å². The molecule has 0 spiro atoms. The van der Waals surface area contributed by atoms with Gasteiger partial charge >= 0.3 is 0 Å². The van der Waals surface area contributed by atoms with Gasteiger partial charge in [0.15, 0.2) is 0 Å². The summed E-state index contributed by atoms with van der Waals surface area (Å²) in [6.45, 7) is 4.80. The third kappa shape index (κ3) is 5.07. The highest BCUT2D eigenvalue weighted by Crippen LogP contribution is 2.32. The summed E-state index contributed by atoms with van der Waals surface area (Å²) in [4.78, 5) is 38.4. The van der Waals surface area contributed by atoms with Crippen molar-refractivity contribution >= 4 is 29.4 Å². The third-order valence-electron chi connectivity index (χ3n) is 5.12. The van der Waals surface area contributed by atoms with Crippen LogP contribution in [-0.2, 0) is 0 Å². The monoisotopic (exact) mass is 445 g/mol. The number of likely N-dealkylation sites (tertiary alicyclic amines) is 1. The first-order valence-electron chi connectivity index (χ1n) is 10.2. The van der Waals surface area contributed by atoms with E-state index in [1.165, 1.54) is 7.11 Å². The Labute approximate surface area is 187 Å². The van der Waals surface area contributed by atoms with Crippen molar-refractivity contribution in [2.24, 2.45) is 0 Å². The van der Waals surface area contributed by atoms with E-state index in [0.29, 0.717) is 53.1 Å². The van der Waals surface area contributed by atoms with Crippen LogP contribution in [-0.4, -0.2) is 67.0 Å². The second-order valence-electron chi connectivity index (χ2n) is 8.07. The van der Waals surface area contributed by atoms with Gasteiger partial charge in [0.1, 0.15) is 5.75 Å². The minimum Gasteiger partial charge on any atom is -0.496 e. The molecule has 1 aliphatic heterocycles. The minimum atomic E-state index is -0.211. The van der Waals surface area contributed by atoms with Gasteiger partial charge in [-0.05, 0) is 38.5 Å². The van der Waals surface area contributed by atoms with E-state index in [-0.39, 0.29) is 23.8 Å². The predicted octanol–water partition coefficient (Wildman–Crippen LogP) is 2.97. The fraction of sp³-hybridized carbons (Fsp3) is 0.455. The van der Waals surface area contributed by atoms with Crippen LogP contribution in [0.25, 0.3) is 0 Å². The number of carbonyl (C=O) groups is 2. The van der Waals surface area contributed by atoms with Gasteiger partial charge in [-0.2, -0.15) is 0 Å². The topological polar surface area (TPSA) is 87.7 Å². The highest BCUT2D eigenvalue weighted by atomic mass is 35.5. The number of carbonyl (C=O) groups excluding carboxylic acids is 2. The van der Waals surface area contributed by atoms with Crippen LogP contribution in [0.5, 0.6) is 5.75 Å². The average molecular weight is 446 g/mol. The van der Waals surface area contributed by atoms with Gasteiger partial charge < -0.3 is 19.9 Å². The molecule has 1 aromatic carbocycles. The van der Waals surface area contributed by atoms with Gasteiger partial charge in [-0.1, -0.05) is 11.6 Å². The number of hydrogen-bond acceptors (Lipinski definition) is 6. The van der Waals surface area contributed by atoms with E-state index in [1.807, 2.05) is 27.9 Å². The Morgan fingerprint density at radius 3 is 2.68 bits per heavy atom. The number of ether oxygens (including phenoxy) is 1.